The van der Waals surface area contributed by atoms with E-state index in [0.29, 0.717) is 12.6 Å². The maximum absolute atomic E-state index is 12.2. The van der Waals surface area contributed by atoms with Crippen LogP contribution in [-0.4, -0.2) is 12.5 Å². The minimum absolute atomic E-state index is 0.0670. The van der Waals surface area contributed by atoms with Gasteiger partial charge in [0.2, 0.25) is 0 Å². The molecular weight excluding hydrogens is 272 g/mol. The average Bonchev–Trinajstić information content (AvgIpc) is 2.55. The van der Waals surface area contributed by atoms with Crippen LogP contribution in [0.1, 0.15) is 35.6 Å². The molecule has 2 aromatic rings. The molecule has 0 radical (unpaired) electrons. The molecule has 0 fully saturated rings. The lowest BCUT2D eigenvalue weighted by Gasteiger charge is -2.23. The highest BCUT2D eigenvalue weighted by Crippen LogP contribution is 2.26. The van der Waals surface area contributed by atoms with Gasteiger partial charge in [0.1, 0.15) is 6.04 Å². The van der Waals surface area contributed by atoms with Gasteiger partial charge in [-0.3, -0.25) is 4.79 Å². The molecule has 0 spiro atoms. The zero-order chi connectivity index (χ0) is 15.4. The Bertz CT molecular complexity index is 666. The predicted octanol–water partition coefficient (Wildman–Crippen LogP) is 2.57. The molecule has 3 N–H and O–H groups in total. The van der Waals surface area contributed by atoms with Crippen LogP contribution < -0.4 is 10.6 Å². The van der Waals surface area contributed by atoms with E-state index in [-0.39, 0.29) is 5.91 Å². The Morgan fingerprint density at radius 3 is 2.82 bits per heavy atom. The number of aryl methyl sites for hydroxylation is 2. The van der Waals surface area contributed by atoms with Gasteiger partial charge in [0.05, 0.1) is 0 Å². The molecule has 3 nitrogen and oxygen atoms in total. The first kappa shape index (κ1) is 14.8. The van der Waals surface area contributed by atoms with E-state index in [0.717, 1.165) is 24.1 Å². The molecule has 1 aliphatic carbocycles. The van der Waals surface area contributed by atoms with Crippen LogP contribution in [0, 0.1) is 6.92 Å². The van der Waals surface area contributed by atoms with E-state index in [1.54, 1.807) is 0 Å². The third-order valence-corrected chi connectivity index (χ3v) is 4.42. The van der Waals surface area contributed by atoms with Crippen molar-refractivity contribution in [2.45, 2.75) is 32.2 Å². The van der Waals surface area contributed by atoms with Crippen LogP contribution in [0.15, 0.2) is 48.5 Å². The van der Waals surface area contributed by atoms with Crippen LogP contribution in [0.4, 0.5) is 5.69 Å². The molecule has 0 bridgehead atoms. The van der Waals surface area contributed by atoms with Crippen LogP contribution in [0.25, 0.3) is 0 Å². The Balaban J connectivity index is 1.59. The van der Waals surface area contributed by atoms with Crippen molar-refractivity contribution in [3.63, 3.8) is 0 Å². The first-order valence-corrected chi connectivity index (χ1v) is 8.00. The standard InChI is InChI=1S/C19H22N2O/c1-14-7-2-5-11-17(14)21-19(22)13-20-18-12-6-9-15-8-3-4-10-16(15)18/h2-5,7-8,10-11,18,20H,6,9,12-13H2,1H3,(H,21,22)/p+1/t18-/m0/s1. The van der Waals surface area contributed by atoms with Crippen molar-refractivity contribution in [1.29, 1.82) is 0 Å². The Morgan fingerprint density at radius 1 is 1.18 bits per heavy atom. The molecule has 2 aromatic carbocycles. The summed E-state index contributed by atoms with van der Waals surface area (Å²) in [4.78, 5) is 12.2. The first-order chi connectivity index (χ1) is 10.7. The number of amides is 1. The van der Waals surface area contributed by atoms with Gasteiger partial charge in [0.25, 0.3) is 5.91 Å². The summed E-state index contributed by atoms with van der Waals surface area (Å²) in [5, 5.41) is 5.18. The summed E-state index contributed by atoms with van der Waals surface area (Å²) in [6.45, 7) is 2.48. The summed E-state index contributed by atoms with van der Waals surface area (Å²) < 4.78 is 0. The number of quaternary nitrogens is 1. The van der Waals surface area contributed by atoms with Gasteiger partial charge in [-0.25, -0.2) is 0 Å². The molecule has 0 heterocycles. The number of nitrogens with one attached hydrogen (secondary N) is 1. The summed E-state index contributed by atoms with van der Waals surface area (Å²) >= 11 is 0. The largest absolute Gasteiger partial charge is 0.332 e. The van der Waals surface area contributed by atoms with Crippen molar-refractivity contribution in [3.05, 3.63) is 65.2 Å². The maximum Gasteiger partial charge on any atom is 0.279 e. The van der Waals surface area contributed by atoms with E-state index in [1.165, 1.54) is 17.5 Å². The minimum Gasteiger partial charge on any atom is -0.332 e. The lowest BCUT2D eigenvalue weighted by molar-refractivity contribution is -0.687. The molecular formula is C19H23N2O+. The number of rotatable bonds is 4. The van der Waals surface area contributed by atoms with Gasteiger partial charge >= 0.3 is 0 Å². The topological polar surface area (TPSA) is 45.7 Å². The smallest absolute Gasteiger partial charge is 0.279 e. The van der Waals surface area contributed by atoms with E-state index in [4.69, 9.17) is 0 Å². The molecule has 0 unspecified atom stereocenters. The Kier molecular flexibility index (Phi) is 4.54. The molecule has 0 saturated heterocycles. The van der Waals surface area contributed by atoms with Crippen LogP contribution in [0.2, 0.25) is 0 Å². The maximum atomic E-state index is 12.2. The fourth-order valence-electron chi connectivity index (χ4n) is 3.20. The van der Waals surface area contributed by atoms with Crippen LogP contribution in [-0.2, 0) is 11.2 Å². The fraction of sp³-hybridized carbons (Fsp3) is 0.316. The van der Waals surface area contributed by atoms with E-state index in [1.807, 2.05) is 31.2 Å². The van der Waals surface area contributed by atoms with Gasteiger partial charge in [-0.15, -0.1) is 0 Å². The molecule has 0 aliphatic heterocycles. The molecule has 3 rings (SSSR count). The van der Waals surface area contributed by atoms with Crippen molar-refractivity contribution in [2.75, 3.05) is 11.9 Å². The highest BCUT2D eigenvalue weighted by molar-refractivity contribution is 5.92. The van der Waals surface area contributed by atoms with Gasteiger partial charge in [-0.05, 0) is 37.0 Å². The van der Waals surface area contributed by atoms with Crippen LogP contribution >= 0.6 is 0 Å². The molecule has 22 heavy (non-hydrogen) atoms. The number of hydrogen-bond donors (Lipinski definition) is 2. The van der Waals surface area contributed by atoms with Gasteiger partial charge < -0.3 is 10.6 Å². The van der Waals surface area contributed by atoms with Crippen LogP contribution in [0.3, 0.4) is 0 Å². The monoisotopic (exact) mass is 295 g/mol. The van der Waals surface area contributed by atoms with E-state index in [9.17, 15) is 4.79 Å². The van der Waals surface area contributed by atoms with Gasteiger partial charge in [-0.1, -0.05) is 42.5 Å². The molecule has 1 atom stereocenters. The third-order valence-electron chi connectivity index (χ3n) is 4.42. The van der Waals surface area contributed by atoms with Crippen molar-refractivity contribution >= 4 is 11.6 Å². The molecule has 3 heteroatoms. The lowest BCUT2D eigenvalue weighted by atomic mass is 9.88. The lowest BCUT2D eigenvalue weighted by Crippen LogP contribution is -2.87. The van der Waals surface area contributed by atoms with E-state index in [2.05, 4.69) is 34.9 Å². The predicted molar refractivity (Wildman–Crippen MR) is 88.7 cm³/mol. The number of hydrogen-bond acceptors (Lipinski definition) is 1. The number of fused-ring (bicyclic) bond motifs is 1. The zero-order valence-corrected chi connectivity index (χ0v) is 13.0. The minimum atomic E-state index is 0.0670. The molecule has 1 aliphatic rings. The van der Waals surface area contributed by atoms with Gasteiger partial charge in [-0.2, -0.15) is 0 Å². The van der Waals surface area contributed by atoms with Crippen molar-refractivity contribution in [1.82, 2.24) is 0 Å². The molecule has 0 aromatic heterocycles. The average molecular weight is 295 g/mol. The Labute approximate surface area is 131 Å². The highest BCUT2D eigenvalue weighted by Gasteiger charge is 2.23. The van der Waals surface area contributed by atoms with Crippen molar-refractivity contribution in [3.8, 4) is 0 Å². The SMILES string of the molecule is Cc1ccccc1NC(=O)C[NH2+][C@H]1CCCc2ccccc21. The highest BCUT2D eigenvalue weighted by atomic mass is 16.1. The molecule has 1 amide bonds. The molecule has 114 valence electrons. The normalized spacial score (nSPS) is 16.9. The summed E-state index contributed by atoms with van der Waals surface area (Å²) in [5.74, 6) is 0.0670. The second-order valence-electron chi connectivity index (χ2n) is 6.00. The summed E-state index contributed by atoms with van der Waals surface area (Å²) in [7, 11) is 0. The fourth-order valence-corrected chi connectivity index (χ4v) is 3.20. The van der Waals surface area contributed by atoms with E-state index < -0.39 is 0 Å². The number of carbonyl (C=O) groups excluding carboxylic acids is 1. The summed E-state index contributed by atoms with van der Waals surface area (Å²) in [6.07, 6.45) is 3.52. The Morgan fingerprint density at radius 2 is 1.95 bits per heavy atom. The zero-order valence-electron chi connectivity index (χ0n) is 13.0. The number of anilines is 1. The van der Waals surface area contributed by atoms with Crippen LogP contribution in [0.5, 0.6) is 0 Å². The summed E-state index contributed by atoms with van der Waals surface area (Å²) in [5.41, 5.74) is 4.84. The Hall–Kier alpha value is -2.13. The van der Waals surface area contributed by atoms with E-state index >= 15 is 0 Å². The van der Waals surface area contributed by atoms with Crippen molar-refractivity contribution < 1.29 is 10.1 Å². The molecule has 0 saturated carbocycles. The second-order valence-corrected chi connectivity index (χ2v) is 6.00. The summed E-state index contributed by atoms with van der Waals surface area (Å²) in [6, 6.07) is 16.9. The van der Waals surface area contributed by atoms with Gasteiger partial charge in [0.15, 0.2) is 6.54 Å². The second kappa shape index (κ2) is 6.75. The number of carbonyl (C=O) groups is 1. The number of para-hydroxylation sites is 1. The quantitative estimate of drug-likeness (QED) is 0.894. The number of benzene rings is 2. The first-order valence-electron chi connectivity index (χ1n) is 8.00. The van der Waals surface area contributed by atoms with Gasteiger partial charge in [0, 0.05) is 17.7 Å². The van der Waals surface area contributed by atoms with Crippen molar-refractivity contribution in [2.24, 2.45) is 0 Å². The third kappa shape index (κ3) is 3.37. The number of nitrogens with two attached hydrogens (primary N) is 1.